The fourth-order valence-corrected chi connectivity index (χ4v) is 2.55. The molecule has 10 heteroatoms. The van der Waals surface area contributed by atoms with Crippen LogP contribution in [0.15, 0.2) is 6.07 Å². The van der Waals surface area contributed by atoms with Crippen molar-refractivity contribution in [1.82, 2.24) is 9.78 Å². The lowest BCUT2D eigenvalue weighted by atomic mass is 10.0. The van der Waals surface area contributed by atoms with Crippen LogP contribution in [-0.2, 0) is 19.0 Å². The third kappa shape index (κ3) is 2.35. The summed E-state index contributed by atoms with van der Waals surface area (Å²) in [6, 6.07) is 0.393. The molecule has 2 aliphatic heterocycles. The van der Waals surface area contributed by atoms with E-state index in [1.807, 2.05) is 0 Å². The van der Waals surface area contributed by atoms with Gasteiger partial charge in [-0.15, -0.1) is 0 Å². The first-order valence-corrected chi connectivity index (χ1v) is 6.72. The normalized spacial score (nSPS) is 27.0. The van der Waals surface area contributed by atoms with Crippen LogP contribution >= 0.6 is 0 Å². The van der Waals surface area contributed by atoms with Gasteiger partial charge in [0.2, 0.25) is 6.29 Å². The van der Waals surface area contributed by atoms with Gasteiger partial charge in [-0.3, -0.25) is 4.79 Å². The van der Waals surface area contributed by atoms with Crippen molar-refractivity contribution < 1.29 is 28.7 Å². The first-order chi connectivity index (χ1) is 10.5. The second-order valence-corrected chi connectivity index (χ2v) is 4.89. The Hall–Kier alpha value is -2.33. The quantitative estimate of drug-likeness (QED) is 0.439. The number of fused-ring (bicyclic) bond motifs is 2. The zero-order chi connectivity index (χ0) is 15.9. The van der Waals surface area contributed by atoms with Crippen LogP contribution in [0.5, 0.6) is 0 Å². The molecule has 0 radical (unpaired) electrons. The molecule has 22 heavy (non-hydrogen) atoms. The summed E-state index contributed by atoms with van der Waals surface area (Å²) in [6.45, 7) is 1.90. The van der Waals surface area contributed by atoms with Gasteiger partial charge in [0.15, 0.2) is 11.5 Å². The molecule has 10 nitrogen and oxygen atoms in total. The number of Topliss-reactive ketones (excluding diaryl/α,β-unsaturated/α-hetero) is 1. The molecule has 1 aromatic rings. The van der Waals surface area contributed by atoms with Crippen LogP contribution in [0.1, 0.15) is 29.9 Å². The zero-order valence-electron chi connectivity index (χ0n) is 11.6. The zero-order valence-corrected chi connectivity index (χ0v) is 11.6. The molecule has 118 valence electrons. The smallest absolute Gasteiger partial charge is 0.390 e. The number of carbonyl (C=O) groups is 2. The van der Waals surface area contributed by atoms with E-state index in [4.69, 9.17) is 14.2 Å². The Morgan fingerprint density at radius 2 is 2.41 bits per heavy atom. The van der Waals surface area contributed by atoms with Gasteiger partial charge in [-0.1, -0.05) is 0 Å². The maximum absolute atomic E-state index is 12.0. The minimum Gasteiger partial charge on any atom is -0.461 e. The van der Waals surface area contributed by atoms with Gasteiger partial charge in [-0.25, -0.2) is 4.79 Å². The molecule has 3 heterocycles. The molecule has 3 atom stereocenters. The van der Waals surface area contributed by atoms with Crippen molar-refractivity contribution in [2.45, 2.75) is 31.8 Å². The Bertz CT molecular complexity index is 641. The summed E-state index contributed by atoms with van der Waals surface area (Å²) in [6.07, 6.45) is -1.35. The van der Waals surface area contributed by atoms with Crippen molar-refractivity contribution in [3.63, 3.8) is 0 Å². The summed E-state index contributed by atoms with van der Waals surface area (Å²) < 4.78 is 16.6. The second-order valence-electron chi connectivity index (χ2n) is 4.89. The highest BCUT2D eigenvalue weighted by Gasteiger charge is 2.47. The van der Waals surface area contributed by atoms with Crippen LogP contribution < -0.4 is 0 Å². The van der Waals surface area contributed by atoms with E-state index < -0.39 is 35.1 Å². The van der Waals surface area contributed by atoms with Crippen LogP contribution in [-0.4, -0.2) is 52.1 Å². The number of esters is 1. The lowest BCUT2D eigenvalue weighted by molar-refractivity contribution is -0.389. The molecule has 2 saturated heterocycles. The van der Waals surface area contributed by atoms with Gasteiger partial charge in [0.1, 0.15) is 12.1 Å². The van der Waals surface area contributed by atoms with Gasteiger partial charge in [0, 0.05) is 6.42 Å². The number of carbonyl (C=O) groups excluding carboxylic acids is 2. The molecule has 0 aromatic carbocycles. The SMILES string of the molecule is CCOC(=O)c1cc([N+](=O)[O-])nn1[C@H]1CC(=O)[C@@H]2OC[C@H]1O2. The van der Waals surface area contributed by atoms with Gasteiger partial charge in [0.05, 0.1) is 24.4 Å². The standard InChI is InChI=1S/C12H13N3O7/c1-2-20-11(17)7-4-10(15(18)19)13-14(7)6-3-8(16)12-21-5-9(6)22-12/h4,6,9,12H,2-3,5H2,1H3/t6-,9+,12+/m0/s1. The molecule has 0 aliphatic carbocycles. The second kappa shape index (κ2) is 5.46. The van der Waals surface area contributed by atoms with Gasteiger partial charge in [-0.2, -0.15) is 4.68 Å². The Labute approximate surface area is 124 Å². The molecule has 2 bridgehead atoms. The van der Waals surface area contributed by atoms with E-state index in [0.717, 1.165) is 10.7 Å². The highest BCUT2D eigenvalue weighted by molar-refractivity contribution is 5.88. The highest BCUT2D eigenvalue weighted by atomic mass is 16.7. The van der Waals surface area contributed by atoms with Gasteiger partial charge >= 0.3 is 11.8 Å². The largest absolute Gasteiger partial charge is 0.461 e. The van der Waals surface area contributed by atoms with Crippen molar-refractivity contribution in [2.24, 2.45) is 0 Å². The predicted molar refractivity (Wildman–Crippen MR) is 68.1 cm³/mol. The summed E-state index contributed by atoms with van der Waals surface area (Å²) in [7, 11) is 0. The molecule has 3 rings (SSSR count). The number of hydrogen-bond acceptors (Lipinski definition) is 8. The maximum Gasteiger partial charge on any atom is 0.390 e. The molecule has 1 aromatic heterocycles. The van der Waals surface area contributed by atoms with Crippen molar-refractivity contribution in [2.75, 3.05) is 13.2 Å². The van der Waals surface area contributed by atoms with Crippen LogP contribution in [0.2, 0.25) is 0 Å². The fourth-order valence-electron chi connectivity index (χ4n) is 2.55. The third-order valence-corrected chi connectivity index (χ3v) is 3.52. The molecule has 0 amide bonds. The van der Waals surface area contributed by atoms with E-state index in [1.54, 1.807) is 6.92 Å². The minimum absolute atomic E-state index is 0.0283. The molecule has 0 saturated carbocycles. The van der Waals surface area contributed by atoms with Crippen LogP contribution in [0.25, 0.3) is 0 Å². The number of nitro groups is 1. The molecule has 2 aliphatic rings. The summed E-state index contributed by atoms with van der Waals surface area (Å²) in [5, 5.41) is 14.7. The monoisotopic (exact) mass is 311 g/mol. The highest BCUT2D eigenvalue weighted by Crippen LogP contribution is 2.34. The van der Waals surface area contributed by atoms with E-state index in [1.165, 1.54) is 0 Å². The average molecular weight is 311 g/mol. The first-order valence-electron chi connectivity index (χ1n) is 6.72. The lowest BCUT2D eigenvalue weighted by Crippen LogP contribution is -2.38. The van der Waals surface area contributed by atoms with Crippen molar-refractivity contribution >= 4 is 17.6 Å². The van der Waals surface area contributed by atoms with E-state index in [-0.39, 0.29) is 31.1 Å². The van der Waals surface area contributed by atoms with E-state index in [0.29, 0.717) is 0 Å². The number of aromatic nitrogens is 2. The minimum atomic E-state index is -0.891. The number of rotatable bonds is 4. The van der Waals surface area contributed by atoms with Crippen LogP contribution in [0.4, 0.5) is 5.82 Å². The third-order valence-electron chi connectivity index (χ3n) is 3.52. The Morgan fingerprint density at radius 1 is 1.64 bits per heavy atom. The van der Waals surface area contributed by atoms with E-state index in [2.05, 4.69) is 5.10 Å². The van der Waals surface area contributed by atoms with Crippen LogP contribution in [0, 0.1) is 10.1 Å². The molecular weight excluding hydrogens is 298 g/mol. The number of ether oxygens (including phenoxy) is 3. The molecule has 0 spiro atoms. The van der Waals surface area contributed by atoms with Gasteiger partial charge < -0.3 is 24.3 Å². The van der Waals surface area contributed by atoms with Crippen molar-refractivity contribution in [1.29, 1.82) is 0 Å². The number of ketones is 1. The number of hydrogen-bond donors (Lipinski definition) is 0. The van der Waals surface area contributed by atoms with Crippen LogP contribution in [0.3, 0.4) is 0 Å². The average Bonchev–Trinajstić information content (AvgIpc) is 3.09. The summed E-state index contributed by atoms with van der Waals surface area (Å²) in [5.74, 6) is -1.51. The van der Waals surface area contributed by atoms with Gasteiger partial charge in [0.25, 0.3) is 0 Å². The lowest BCUT2D eigenvalue weighted by Gasteiger charge is -2.25. The topological polar surface area (TPSA) is 123 Å². The Balaban J connectivity index is 1.99. The summed E-state index contributed by atoms with van der Waals surface area (Å²) in [4.78, 5) is 34.0. The molecule has 0 N–H and O–H groups in total. The predicted octanol–water partition coefficient (Wildman–Crippen LogP) is 0.223. The summed E-state index contributed by atoms with van der Waals surface area (Å²) in [5.41, 5.74) is -0.0831. The Kier molecular flexibility index (Phi) is 3.62. The van der Waals surface area contributed by atoms with Gasteiger partial charge in [-0.05, 0) is 11.8 Å². The summed E-state index contributed by atoms with van der Waals surface area (Å²) >= 11 is 0. The molecular formula is C12H13N3O7. The maximum atomic E-state index is 12.0. The molecule has 2 fully saturated rings. The van der Waals surface area contributed by atoms with E-state index in [9.17, 15) is 19.7 Å². The fraction of sp³-hybridized carbons (Fsp3) is 0.583. The van der Waals surface area contributed by atoms with E-state index >= 15 is 0 Å². The number of nitrogens with zero attached hydrogens (tertiary/aromatic N) is 3. The Morgan fingerprint density at radius 3 is 3.09 bits per heavy atom. The van der Waals surface area contributed by atoms with Crippen molar-refractivity contribution in [3.05, 3.63) is 21.9 Å². The first kappa shape index (κ1) is 14.6. The van der Waals surface area contributed by atoms with Crippen molar-refractivity contribution in [3.8, 4) is 0 Å². The molecule has 0 unspecified atom stereocenters.